The molecule has 2 rings (SSSR count). The highest BCUT2D eigenvalue weighted by Crippen LogP contribution is 2.54. The number of amides is 1. The molecule has 0 spiro atoms. The molecule has 1 amide bonds. The van der Waals surface area contributed by atoms with Crippen LogP contribution in [0, 0.1) is 17.8 Å². The first-order valence-electron chi connectivity index (χ1n) is 4.20. The summed E-state index contributed by atoms with van der Waals surface area (Å²) in [4.78, 5) is 11.1. The van der Waals surface area contributed by atoms with Crippen molar-refractivity contribution in [2.24, 2.45) is 17.8 Å². The highest BCUT2D eigenvalue weighted by atomic mass is 16.3. The van der Waals surface area contributed by atoms with Crippen molar-refractivity contribution in [3.05, 3.63) is 0 Å². The Hall–Kier alpha value is -0.570. The fraction of sp³-hybridized carbons (Fsp3) is 0.875. The van der Waals surface area contributed by atoms with Crippen LogP contribution in [-0.2, 0) is 4.79 Å². The average Bonchev–Trinajstić information content (AvgIpc) is 2.65. The lowest BCUT2D eigenvalue weighted by Gasteiger charge is -2.11. The van der Waals surface area contributed by atoms with Gasteiger partial charge in [-0.3, -0.25) is 4.79 Å². The molecule has 2 fully saturated rings. The van der Waals surface area contributed by atoms with Gasteiger partial charge in [0.25, 0.3) is 0 Å². The van der Waals surface area contributed by atoms with Gasteiger partial charge >= 0.3 is 0 Å². The van der Waals surface area contributed by atoms with E-state index in [2.05, 4.69) is 12.2 Å². The maximum Gasteiger partial charge on any atom is 0.224 e. The monoisotopic (exact) mass is 155 g/mol. The summed E-state index contributed by atoms with van der Waals surface area (Å²) in [5, 5.41) is 11.7. The smallest absolute Gasteiger partial charge is 0.224 e. The summed E-state index contributed by atoms with van der Waals surface area (Å²) in [5.41, 5.74) is 0. The third-order valence-electron chi connectivity index (χ3n) is 2.99. The van der Waals surface area contributed by atoms with Crippen LogP contribution in [0.4, 0.5) is 0 Å². The number of aliphatic hydroxyl groups is 1. The Bertz CT molecular complexity index is 193. The molecule has 0 radical (unpaired) electrons. The molecule has 0 aromatic rings. The van der Waals surface area contributed by atoms with E-state index in [4.69, 9.17) is 5.11 Å². The van der Waals surface area contributed by atoms with Crippen molar-refractivity contribution in [2.75, 3.05) is 6.61 Å². The second-order valence-corrected chi connectivity index (χ2v) is 3.47. The lowest BCUT2D eigenvalue weighted by molar-refractivity contribution is -0.121. The fourth-order valence-corrected chi connectivity index (χ4v) is 2.39. The first-order valence-corrected chi connectivity index (χ1v) is 4.20. The second-order valence-electron chi connectivity index (χ2n) is 3.47. The molecular weight excluding hydrogens is 142 g/mol. The van der Waals surface area contributed by atoms with E-state index in [9.17, 15) is 4.79 Å². The van der Waals surface area contributed by atoms with Gasteiger partial charge in [0.2, 0.25) is 5.91 Å². The van der Waals surface area contributed by atoms with E-state index in [1.54, 1.807) is 0 Å². The van der Waals surface area contributed by atoms with Crippen molar-refractivity contribution in [2.45, 2.75) is 19.4 Å². The predicted octanol–water partition coefficient (Wildman–Crippen LogP) is -0.251. The first kappa shape index (κ1) is 7.10. The van der Waals surface area contributed by atoms with Crippen LogP contribution in [0.15, 0.2) is 0 Å². The maximum atomic E-state index is 11.1. The number of nitrogens with one attached hydrogen (secondary N) is 1. The summed E-state index contributed by atoms with van der Waals surface area (Å²) in [6, 6.07) is 0.0532. The number of fused-ring (bicyclic) bond motifs is 1. The Kier molecular flexibility index (Phi) is 1.42. The summed E-state index contributed by atoms with van der Waals surface area (Å²) in [6.45, 7) is 2.20. The van der Waals surface area contributed by atoms with Gasteiger partial charge in [-0.2, -0.15) is 0 Å². The quantitative estimate of drug-likeness (QED) is 0.577. The largest absolute Gasteiger partial charge is 0.394 e. The van der Waals surface area contributed by atoms with Crippen molar-refractivity contribution >= 4 is 5.91 Å². The van der Waals surface area contributed by atoms with Crippen LogP contribution in [0.1, 0.15) is 13.3 Å². The van der Waals surface area contributed by atoms with Gasteiger partial charge in [0.05, 0.1) is 12.6 Å². The van der Waals surface area contributed by atoms with Gasteiger partial charge in [-0.1, -0.05) is 13.3 Å². The van der Waals surface area contributed by atoms with Gasteiger partial charge in [-0.05, 0) is 11.8 Å². The van der Waals surface area contributed by atoms with E-state index in [0.29, 0.717) is 11.8 Å². The number of hydrogen-bond donors (Lipinski definition) is 2. The third kappa shape index (κ3) is 0.805. The highest BCUT2D eigenvalue weighted by molar-refractivity contribution is 5.85. The van der Waals surface area contributed by atoms with E-state index in [1.165, 1.54) is 0 Å². The minimum atomic E-state index is 0.0532. The molecule has 3 heteroatoms. The molecule has 1 aliphatic carbocycles. The van der Waals surface area contributed by atoms with Crippen molar-refractivity contribution < 1.29 is 9.90 Å². The van der Waals surface area contributed by atoms with Crippen LogP contribution in [0.2, 0.25) is 0 Å². The Morgan fingerprint density at radius 3 is 2.82 bits per heavy atom. The van der Waals surface area contributed by atoms with E-state index in [0.717, 1.165) is 6.42 Å². The molecule has 0 aromatic carbocycles. The van der Waals surface area contributed by atoms with E-state index in [1.807, 2.05) is 0 Å². The van der Waals surface area contributed by atoms with Crippen molar-refractivity contribution in [1.82, 2.24) is 5.32 Å². The van der Waals surface area contributed by atoms with Crippen LogP contribution < -0.4 is 5.32 Å². The van der Waals surface area contributed by atoms with Crippen molar-refractivity contribution in [3.63, 3.8) is 0 Å². The maximum absolute atomic E-state index is 11.1. The molecule has 1 aliphatic heterocycles. The Balaban J connectivity index is 2.06. The van der Waals surface area contributed by atoms with Crippen LogP contribution in [0.3, 0.4) is 0 Å². The minimum Gasteiger partial charge on any atom is -0.394 e. The molecule has 11 heavy (non-hydrogen) atoms. The average molecular weight is 155 g/mol. The standard InChI is InChI=1S/C8H13NO2/c1-2-4-6-5(3-10)9-8(11)7(4)6/h4-7,10H,2-3H2,1H3,(H,9,11)/t4-,5+,6+,7+/m0/s1. The minimum absolute atomic E-state index is 0.0532. The van der Waals surface area contributed by atoms with Gasteiger partial charge < -0.3 is 10.4 Å². The van der Waals surface area contributed by atoms with Crippen LogP contribution in [0.5, 0.6) is 0 Å². The number of aliphatic hydroxyl groups excluding tert-OH is 1. The molecule has 1 saturated carbocycles. The Morgan fingerprint density at radius 1 is 1.64 bits per heavy atom. The number of piperidine rings is 1. The summed E-state index contributed by atoms with van der Waals surface area (Å²) in [7, 11) is 0. The summed E-state index contributed by atoms with van der Waals surface area (Å²) >= 11 is 0. The molecule has 0 bridgehead atoms. The van der Waals surface area contributed by atoms with E-state index < -0.39 is 0 Å². The van der Waals surface area contributed by atoms with Gasteiger partial charge in [-0.25, -0.2) is 0 Å². The third-order valence-corrected chi connectivity index (χ3v) is 2.99. The summed E-state index contributed by atoms with van der Waals surface area (Å²) < 4.78 is 0. The molecule has 0 aromatic heterocycles. The highest BCUT2D eigenvalue weighted by Gasteiger charge is 2.61. The molecule has 0 unspecified atom stereocenters. The number of carbonyl (C=O) groups excluding carboxylic acids is 1. The van der Waals surface area contributed by atoms with Gasteiger partial charge in [-0.15, -0.1) is 0 Å². The molecule has 4 atom stereocenters. The molecule has 2 N–H and O–H groups in total. The topological polar surface area (TPSA) is 49.3 Å². The Labute approximate surface area is 65.8 Å². The van der Waals surface area contributed by atoms with E-state index in [-0.39, 0.29) is 24.5 Å². The van der Waals surface area contributed by atoms with Crippen molar-refractivity contribution in [3.8, 4) is 0 Å². The Morgan fingerprint density at radius 2 is 2.36 bits per heavy atom. The zero-order valence-corrected chi connectivity index (χ0v) is 6.58. The molecule has 62 valence electrons. The first-order chi connectivity index (χ1) is 5.29. The van der Waals surface area contributed by atoms with Crippen LogP contribution in [0.25, 0.3) is 0 Å². The molecular formula is C8H13NO2. The van der Waals surface area contributed by atoms with E-state index >= 15 is 0 Å². The normalized spacial score (nSPS) is 46.9. The van der Waals surface area contributed by atoms with Gasteiger partial charge in [0.1, 0.15) is 0 Å². The van der Waals surface area contributed by atoms with Crippen molar-refractivity contribution in [1.29, 1.82) is 0 Å². The lowest BCUT2D eigenvalue weighted by atomic mass is 10.1. The molecule has 2 aliphatic rings. The zero-order chi connectivity index (χ0) is 8.01. The second kappa shape index (κ2) is 2.21. The lowest BCUT2D eigenvalue weighted by Crippen LogP contribution is -2.34. The number of hydrogen-bond acceptors (Lipinski definition) is 2. The molecule has 1 saturated heterocycles. The zero-order valence-electron chi connectivity index (χ0n) is 6.58. The van der Waals surface area contributed by atoms with Gasteiger partial charge in [0, 0.05) is 5.92 Å². The van der Waals surface area contributed by atoms with Gasteiger partial charge in [0.15, 0.2) is 0 Å². The number of carbonyl (C=O) groups is 1. The summed E-state index contributed by atoms with van der Waals surface area (Å²) in [5.74, 6) is 1.39. The fourth-order valence-electron chi connectivity index (χ4n) is 2.39. The van der Waals surface area contributed by atoms with Crippen LogP contribution in [-0.4, -0.2) is 23.7 Å². The predicted molar refractivity (Wildman–Crippen MR) is 39.8 cm³/mol. The SMILES string of the molecule is CC[C@@H]1[C@H]2C(=O)N[C@H](CO)[C@@H]12. The molecule has 1 heterocycles. The number of rotatable bonds is 2. The summed E-state index contributed by atoms with van der Waals surface area (Å²) in [6.07, 6.45) is 1.07. The van der Waals surface area contributed by atoms with Crippen LogP contribution >= 0.6 is 0 Å². The molecule has 3 nitrogen and oxygen atoms in total.